The molecule has 2 aliphatic rings. The van der Waals surface area contributed by atoms with Gasteiger partial charge in [-0.1, -0.05) is 51.0 Å². The van der Waals surface area contributed by atoms with E-state index in [2.05, 4.69) is 95.8 Å². The van der Waals surface area contributed by atoms with Crippen LogP contribution < -0.4 is 0 Å². The van der Waals surface area contributed by atoms with Crippen molar-refractivity contribution in [1.82, 2.24) is 19.6 Å². The Kier molecular flexibility index (Phi) is 10.9. The molecule has 1 aromatic carbocycles. The van der Waals surface area contributed by atoms with Crippen LogP contribution in [0.1, 0.15) is 50.7 Å². The minimum absolute atomic E-state index is 0. The molecule has 0 unspecified atom stereocenters. The fraction of sp³-hybridized carbons (Fsp3) is 0.455. The SMILES string of the molecule is CCCCN1[C]N(Cc2cccc(CN3[C]N(CCCC)C=C3)c2)C=C1.F[P-](F)(F)(F)(F)F.[Ag+]. The second-order valence-electron chi connectivity index (χ2n) is 7.92. The molecule has 0 amide bonds. The van der Waals surface area contributed by atoms with E-state index in [0.717, 1.165) is 26.2 Å². The Morgan fingerprint density at radius 2 is 1.03 bits per heavy atom. The minimum atomic E-state index is -10.7. The molecule has 196 valence electrons. The molecule has 4 nitrogen and oxygen atoms in total. The maximum atomic E-state index is 9.87. The quantitative estimate of drug-likeness (QED) is 0.154. The molecule has 12 heteroatoms. The smallest absolute Gasteiger partial charge is 1.00 e. The first-order valence-corrected chi connectivity index (χ1v) is 12.8. The van der Waals surface area contributed by atoms with Gasteiger partial charge in [-0.2, -0.15) is 0 Å². The number of rotatable bonds is 10. The van der Waals surface area contributed by atoms with Crippen LogP contribution in [-0.2, 0) is 35.5 Å². The Hall–Kier alpha value is -1.35. The summed E-state index contributed by atoms with van der Waals surface area (Å²) in [5, 5.41) is 0. The van der Waals surface area contributed by atoms with Crippen molar-refractivity contribution in [1.29, 1.82) is 0 Å². The summed E-state index contributed by atoms with van der Waals surface area (Å²) in [7, 11) is -10.7. The predicted molar refractivity (Wildman–Crippen MR) is 119 cm³/mol. The first-order valence-electron chi connectivity index (χ1n) is 10.8. The number of hydrogen-bond donors (Lipinski definition) is 0. The van der Waals surface area contributed by atoms with Gasteiger partial charge in [0.2, 0.25) is 13.3 Å². The van der Waals surface area contributed by atoms with Gasteiger partial charge in [0.1, 0.15) is 0 Å². The van der Waals surface area contributed by atoms with Crippen LogP contribution in [0, 0.1) is 13.3 Å². The molecule has 2 aliphatic heterocycles. The van der Waals surface area contributed by atoms with Gasteiger partial charge in [0.05, 0.1) is 0 Å². The number of hydrogen-bond acceptors (Lipinski definition) is 4. The number of halogens is 6. The third-order valence-electron chi connectivity index (χ3n) is 4.57. The summed E-state index contributed by atoms with van der Waals surface area (Å²) in [6, 6.07) is 8.81. The zero-order valence-corrected chi connectivity index (χ0v) is 21.5. The van der Waals surface area contributed by atoms with E-state index in [9.17, 15) is 25.2 Å². The van der Waals surface area contributed by atoms with Crippen molar-refractivity contribution in [2.45, 2.75) is 52.6 Å². The first-order chi connectivity index (χ1) is 15.2. The molecule has 0 saturated heterocycles. The summed E-state index contributed by atoms with van der Waals surface area (Å²) in [6.45, 7) is 15.1. The van der Waals surface area contributed by atoms with E-state index in [1.807, 2.05) is 0 Å². The first kappa shape index (κ1) is 30.7. The fourth-order valence-corrected chi connectivity index (χ4v) is 3.09. The van der Waals surface area contributed by atoms with E-state index in [1.165, 1.54) is 36.8 Å². The van der Waals surface area contributed by atoms with E-state index in [-0.39, 0.29) is 22.4 Å². The van der Waals surface area contributed by atoms with Gasteiger partial charge in [-0.15, -0.1) is 0 Å². The number of unbranched alkanes of at least 4 members (excludes halogenated alkanes) is 2. The van der Waals surface area contributed by atoms with Gasteiger partial charge in [-0.25, -0.2) is 0 Å². The Morgan fingerprint density at radius 1 is 0.676 bits per heavy atom. The van der Waals surface area contributed by atoms with Gasteiger partial charge >= 0.3 is 55.4 Å². The van der Waals surface area contributed by atoms with Crippen LogP contribution in [0.4, 0.5) is 25.2 Å². The van der Waals surface area contributed by atoms with Crippen molar-refractivity contribution in [3.63, 3.8) is 0 Å². The zero-order chi connectivity index (χ0) is 24.6. The van der Waals surface area contributed by atoms with E-state index < -0.39 is 7.81 Å². The molecule has 0 aromatic heterocycles. The predicted octanol–water partition coefficient (Wildman–Crippen LogP) is 7.84. The van der Waals surface area contributed by atoms with E-state index >= 15 is 0 Å². The molecular formula is C22H30AgF6N4P. The Balaban J connectivity index is 0.000000633. The molecule has 0 saturated carbocycles. The van der Waals surface area contributed by atoms with Crippen LogP contribution in [-0.4, -0.2) is 32.7 Å². The minimum Gasteiger partial charge on any atom is 1.00 e. The third kappa shape index (κ3) is 14.8. The molecule has 0 N–H and O–H groups in total. The monoisotopic (exact) mass is 602 g/mol. The van der Waals surface area contributed by atoms with Crippen LogP contribution in [0.2, 0.25) is 0 Å². The Labute approximate surface area is 214 Å². The zero-order valence-electron chi connectivity index (χ0n) is 19.1. The van der Waals surface area contributed by atoms with Crippen molar-refractivity contribution < 1.29 is 47.6 Å². The Morgan fingerprint density at radius 3 is 1.38 bits per heavy atom. The third-order valence-corrected chi connectivity index (χ3v) is 4.57. The average molecular weight is 603 g/mol. The second kappa shape index (κ2) is 12.1. The largest absolute Gasteiger partial charge is 1.00 e. The summed E-state index contributed by atoms with van der Waals surface area (Å²) >= 11 is 0. The molecule has 0 aliphatic carbocycles. The topological polar surface area (TPSA) is 13.0 Å². The Bertz CT molecular complexity index is 759. The second-order valence-corrected chi connectivity index (χ2v) is 9.84. The van der Waals surface area contributed by atoms with Crippen LogP contribution in [0.3, 0.4) is 0 Å². The van der Waals surface area contributed by atoms with Crippen molar-refractivity contribution in [2.75, 3.05) is 13.1 Å². The van der Waals surface area contributed by atoms with Gasteiger partial charge in [-0.3, -0.25) is 0 Å². The van der Waals surface area contributed by atoms with Gasteiger partial charge in [-0.05, 0) is 24.0 Å². The molecule has 2 heterocycles. The van der Waals surface area contributed by atoms with Crippen molar-refractivity contribution in [2.24, 2.45) is 0 Å². The summed E-state index contributed by atoms with van der Waals surface area (Å²) in [5.41, 5.74) is 2.62. The molecule has 4 radical (unpaired) electrons. The summed E-state index contributed by atoms with van der Waals surface area (Å²) < 4.78 is 59.2. The fourth-order valence-electron chi connectivity index (χ4n) is 3.09. The maximum absolute atomic E-state index is 10.7. The molecule has 3 rings (SSSR count). The molecule has 0 bridgehead atoms. The number of nitrogens with zero attached hydrogens (tertiary/aromatic N) is 4. The molecule has 1 aromatic rings. The van der Waals surface area contributed by atoms with Crippen molar-refractivity contribution >= 4 is 7.81 Å². The van der Waals surface area contributed by atoms with Crippen LogP contribution in [0.5, 0.6) is 0 Å². The van der Waals surface area contributed by atoms with E-state index in [0.29, 0.717) is 0 Å². The van der Waals surface area contributed by atoms with Gasteiger partial charge in [0, 0.05) is 51.0 Å². The molecule has 0 fully saturated rings. The molecule has 0 atom stereocenters. The molecular weight excluding hydrogens is 573 g/mol. The molecule has 0 spiro atoms. The average Bonchev–Trinajstić information content (AvgIpc) is 3.32. The van der Waals surface area contributed by atoms with Crippen LogP contribution in [0.15, 0.2) is 49.1 Å². The molecule has 34 heavy (non-hydrogen) atoms. The van der Waals surface area contributed by atoms with E-state index in [4.69, 9.17) is 0 Å². The normalized spacial score (nSPS) is 17.3. The summed E-state index contributed by atoms with van der Waals surface area (Å²) in [6.07, 6.45) is 13.3. The maximum Gasteiger partial charge on any atom is 1.00 e. The van der Waals surface area contributed by atoms with Crippen molar-refractivity contribution in [3.05, 3.63) is 73.5 Å². The number of benzene rings is 1. The van der Waals surface area contributed by atoms with Gasteiger partial charge in [0.25, 0.3) is 0 Å². The standard InChI is InChI=1S/C22H30N4.Ag.F6P/c1-3-5-10-23-12-14-25(19-23)17-21-8-7-9-22(16-21)18-26-15-13-24(20-26)11-6-4-2;;1-7(2,3,4,5)6/h7-9,12-16H,3-6,10-11,17-18H2,1-2H3;;/q;+1;-1. The summed E-state index contributed by atoms with van der Waals surface area (Å²) in [4.78, 5) is 8.57. The van der Waals surface area contributed by atoms with Crippen LogP contribution >= 0.6 is 7.81 Å². The van der Waals surface area contributed by atoms with Gasteiger partial charge < -0.3 is 19.6 Å². The van der Waals surface area contributed by atoms with Crippen molar-refractivity contribution in [3.8, 4) is 0 Å². The van der Waals surface area contributed by atoms with Gasteiger partial charge in [0.15, 0.2) is 0 Å². The van der Waals surface area contributed by atoms with Crippen LogP contribution in [0.25, 0.3) is 0 Å². The van der Waals surface area contributed by atoms with E-state index in [1.54, 1.807) is 0 Å². The summed E-state index contributed by atoms with van der Waals surface area (Å²) in [5.74, 6) is 0.